The van der Waals surface area contributed by atoms with Gasteiger partial charge in [0, 0.05) is 30.9 Å². The number of hydrogen-bond acceptors (Lipinski definition) is 5. The SMILES string of the molecule is CC1C=C(OCC2=CSC(CN)N2C)c2ccccc2N1. The molecule has 0 aliphatic carbocycles. The molecular weight excluding hydrogens is 282 g/mol. The van der Waals surface area contributed by atoms with Crippen LogP contribution >= 0.6 is 11.8 Å². The van der Waals surface area contributed by atoms with Crippen LogP contribution in [0.2, 0.25) is 0 Å². The van der Waals surface area contributed by atoms with Crippen molar-refractivity contribution < 1.29 is 4.74 Å². The summed E-state index contributed by atoms with van der Waals surface area (Å²) < 4.78 is 6.08. The first kappa shape index (κ1) is 14.4. The molecule has 1 aromatic carbocycles. The number of likely N-dealkylation sites (N-methyl/N-ethyl adjacent to an activating group) is 1. The van der Waals surface area contributed by atoms with E-state index in [2.05, 4.69) is 47.8 Å². The lowest BCUT2D eigenvalue weighted by Crippen LogP contribution is -2.32. The summed E-state index contributed by atoms with van der Waals surface area (Å²) in [5, 5.41) is 5.92. The van der Waals surface area contributed by atoms with Crippen molar-refractivity contribution >= 4 is 23.2 Å². The standard InChI is InChI=1S/C16H21N3OS/c1-11-7-15(13-5-3-4-6-14(13)18-11)20-9-12-10-21-16(8-17)19(12)2/h3-7,10-11,16,18H,8-9,17H2,1-2H3. The number of fused-ring (bicyclic) bond motifs is 1. The fraction of sp³-hybridized carbons (Fsp3) is 0.375. The molecule has 0 bridgehead atoms. The quantitative estimate of drug-likeness (QED) is 0.895. The van der Waals surface area contributed by atoms with E-state index in [-0.39, 0.29) is 6.04 Å². The van der Waals surface area contributed by atoms with Crippen LogP contribution in [0.5, 0.6) is 0 Å². The molecule has 2 aliphatic heterocycles. The number of rotatable bonds is 4. The molecule has 0 radical (unpaired) electrons. The van der Waals surface area contributed by atoms with E-state index in [1.54, 1.807) is 11.8 Å². The average Bonchev–Trinajstić information content (AvgIpc) is 2.85. The van der Waals surface area contributed by atoms with Crippen LogP contribution in [0.15, 0.2) is 41.4 Å². The summed E-state index contributed by atoms with van der Waals surface area (Å²) in [6.07, 6.45) is 2.13. The summed E-state index contributed by atoms with van der Waals surface area (Å²) in [5.41, 5.74) is 9.19. The zero-order chi connectivity index (χ0) is 14.8. The number of thioether (sulfide) groups is 1. The molecule has 4 nitrogen and oxygen atoms in total. The predicted octanol–water partition coefficient (Wildman–Crippen LogP) is 2.66. The van der Waals surface area contributed by atoms with Crippen LogP contribution in [0.3, 0.4) is 0 Å². The largest absolute Gasteiger partial charge is 0.487 e. The Morgan fingerprint density at radius 3 is 2.95 bits per heavy atom. The molecule has 0 amide bonds. The molecule has 2 aliphatic rings. The molecule has 0 fully saturated rings. The number of nitrogens with two attached hydrogens (primary N) is 1. The van der Waals surface area contributed by atoms with Gasteiger partial charge in [-0.25, -0.2) is 0 Å². The van der Waals surface area contributed by atoms with Gasteiger partial charge in [-0.3, -0.25) is 0 Å². The highest BCUT2D eigenvalue weighted by Gasteiger charge is 2.23. The van der Waals surface area contributed by atoms with Gasteiger partial charge in [0.25, 0.3) is 0 Å². The lowest BCUT2D eigenvalue weighted by Gasteiger charge is -2.26. The number of ether oxygens (including phenoxy) is 1. The van der Waals surface area contributed by atoms with Crippen molar-refractivity contribution in [3.63, 3.8) is 0 Å². The molecule has 0 spiro atoms. The van der Waals surface area contributed by atoms with Crippen LogP contribution in [0, 0.1) is 0 Å². The first-order valence-electron chi connectivity index (χ1n) is 7.17. The Bertz CT molecular complexity index is 585. The molecule has 5 heteroatoms. The molecular formula is C16H21N3OS. The maximum absolute atomic E-state index is 6.08. The van der Waals surface area contributed by atoms with Gasteiger partial charge in [-0.05, 0) is 30.5 Å². The van der Waals surface area contributed by atoms with Crippen LogP contribution in [-0.4, -0.2) is 36.5 Å². The number of benzene rings is 1. The smallest absolute Gasteiger partial charge is 0.128 e. The molecule has 2 atom stereocenters. The maximum Gasteiger partial charge on any atom is 0.128 e. The molecule has 3 rings (SSSR count). The minimum Gasteiger partial charge on any atom is -0.487 e. The number of nitrogens with zero attached hydrogens (tertiary/aromatic N) is 1. The summed E-state index contributed by atoms with van der Waals surface area (Å²) in [6.45, 7) is 3.35. The Balaban J connectivity index is 1.71. The molecule has 21 heavy (non-hydrogen) atoms. The Kier molecular flexibility index (Phi) is 4.12. The molecule has 112 valence electrons. The van der Waals surface area contributed by atoms with Crippen molar-refractivity contribution in [1.29, 1.82) is 0 Å². The third-order valence-electron chi connectivity index (χ3n) is 3.80. The topological polar surface area (TPSA) is 50.5 Å². The second kappa shape index (κ2) is 6.03. The highest BCUT2D eigenvalue weighted by molar-refractivity contribution is 8.02. The van der Waals surface area contributed by atoms with Gasteiger partial charge >= 0.3 is 0 Å². The Labute approximate surface area is 130 Å². The van der Waals surface area contributed by atoms with Crippen LogP contribution in [0.25, 0.3) is 5.76 Å². The summed E-state index contributed by atoms with van der Waals surface area (Å²) >= 11 is 1.76. The number of para-hydroxylation sites is 1. The summed E-state index contributed by atoms with van der Waals surface area (Å²) in [4.78, 5) is 2.20. The fourth-order valence-electron chi connectivity index (χ4n) is 2.57. The highest BCUT2D eigenvalue weighted by atomic mass is 32.2. The number of anilines is 1. The highest BCUT2D eigenvalue weighted by Crippen LogP contribution is 2.33. The molecule has 0 aromatic heterocycles. The Morgan fingerprint density at radius 2 is 2.19 bits per heavy atom. The molecule has 0 saturated heterocycles. The third-order valence-corrected chi connectivity index (χ3v) is 5.03. The lowest BCUT2D eigenvalue weighted by atomic mass is 10.0. The first-order chi connectivity index (χ1) is 10.2. The molecule has 2 unspecified atom stereocenters. The van der Waals surface area contributed by atoms with E-state index in [1.165, 1.54) is 5.70 Å². The van der Waals surface area contributed by atoms with E-state index in [0.29, 0.717) is 18.5 Å². The van der Waals surface area contributed by atoms with Crippen molar-refractivity contribution in [3.8, 4) is 0 Å². The summed E-state index contributed by atoms with van der Waals surface area (Å²) in [7, 11) is 2.07. The minimum absolute atomic E-state index is 0.274. The molecule has 0 saturated carbocycles. The van der Waals surface area contributed by atoms with Crippen LogP contribution in [-0.2, 0) is 4.74 Å². The van der Waals surface area contributed by atoms with Crippen LogP contribution in [0.4, 0.5) is 5.69 Å². The first-order valence-corrected chi connectivity index (χ1v) is 8.11. The molecule has 3 N–H and O–H groups in total. The van der Waals surface area contributed by atoms with Gasteiger partial charge in [0.1, 0.15) is 12.4 Å². The Morgan fingerprint density at radius 1 is 1.38 bits per heavy atom. The van der Waals surface area contributed by atoms with Gasteiger partial charge in [0.05, 0.1) is 11.1 Å². The number of hydrogen-bond donors (Lipinski definition) is 2. The van der Waals surface area contributed by atoms with Crippen molar-refractivity contribution in [2.75, 3.05) is 25.5 Å². The van der Waals surface area contributed by atoms with Crippen LogP contribution in [0.1, 0.15) is 12.5 Å². The van der Waals surface area contributed by atoms with Gasteiger partial charge in [0.2, 0.25) is 0 Å². The summed E-state index contributed by atoms with van der Waals surface area (Å²) in [5.74, 6) is 0.951. The zero-order valence-electron chi connectivity index (χ0n) is 12.4. The Hall–Kier alpha value is -1.59. The van der Waals surface area contributed by atoms with Crippen molar-refractivity contribution in [1.82, 2.24) is 4.90 Å². The van der Waals surface area contributed by atoms with Gasteiger partial charge < -0.3 is 20.7 Å². The number of nitrogens with one attached hydrogen (secondary N) is 1. The third kappa shape index (κ3) is 2.89. The average molecular weight is 303 g/mol. The molecule has 2 heterocycles. The minimum atomic E-state index is 0.274. The zero-order valence-corrected chi connectivity index (χ0v) is 13.2. The second-order valence-corrected chi connectivity index (χ2v) is 6.40. The van der Waals surface area contributed by atoms with Gasteiger partial charge in [-0.15, -0.1) is 11.8 Å². The predicted molar refractivity (Wildman–Crippen MR) is 89.7 cm³/mol. The fourth-order valence-corrected chi connectivity index (χ4v) is 3.55. The van der Waals surface area contributed by atoms with E-state index < -0.39 is 0 Å². The van der Waals surface area contributed by atoms with E-state index in [9.17, 15) is 0 Å². The van der Waals surface area contributed by atoms with Crippen molar-refractivity contribution in [2.45, 2.75) is 18.3 Å². The van der Waals surface area contributed by atoms with E-state index in [1.807, 2.05) is 12.1 Å². The normalized spacial score (nSPS) is 24.0. The van der Waals surface area contributed by atoms with E-state index in [4.69, 9.17) is 10.5 Å². The van der Waals surface area contributed by atoms with Crippen molar-refractivity contribution in [2.24, 2.45) is 5.73 Å². The van der Waals surface area contributed by atoms with E-state index >= 15 is 0 Å². The maximum atomic E-state index is 6.08. The monoisotopic (exact) mass is 303 g/mol. The van der Waals surface area contributed by atoms with Crippen LogP contribution < -0.4 is 11.1 Å². The van der Waals surface area contributed by atoms with Gasteiger partial charge in [-0.1, -0.05) is 12.1 Å². The van der Waals surface area contributed by atoms with Gasteiger partial charge in [0.15, 0.2) is 0 Å². The molecule has 1 aromatic rings. The second-order valence-electron chi connectivity index (χ2n) is 5.34. The van der Waals surface area contributed by atoms with Gasteiger partial charge in [-0.2, -0.15) is 0 Å². The van der Waals surface area contributed by atoms with E-state index in [0.717, 1.165) is 17.0 Å². The summed E-state index contributed by atoms with van der Waals surface area (Å²) in [6, 6.07) is 8.52. The lowest BCUT2D eigenvalue weighted by molar-refractivity contribution is 0.260. The van der Waals surface area contributed by atoms with Crippen molar-refractivity contribution in [3.05, 3.63) is 47.0 Å².